The zero-order valence-electron chi connectivity index (χ0n) is 9.04. The summed E-state index contributed by atoms with van der Waals surface area (Å²) in [5, 5.41) is 11.7. The molecular formula is C10H19NO3. The number of ketones is 1. The van der Waals surface area contributed by atoms with E-state index in [1.165, 1.54) is 0 Å². The topological polar surface area (TPSA) is 66.4 Å². The summed E-state index contributed by atoms with van der Waals surface area (Å²) in [6.45, 7) is 5.93. The van der Waals surface area contributed by atoms with Crippen LogP contribution < -0.4 is 5.32 Å². The first-order valence-electron chi connectivity index (χ1n) is 4.97. The summed E-state index contributed by atoms with van der Waals surface area (Å²) in [4.78, 5) is 21.7. The summed E-state index contributed by atoms with van der Waals surface area (Å²) >= 11 is 0. The van der Waals surface area contributed by atoms with Gasteiger partial charge < -0.3 is 10.4 Å². The highest BCUT2D eigenvalue weighted by Gasteiger charge is 2.20. The minimum Gasteiger partial charge on any atom is -0.480 e. The molecule has 0 radical (unpaired) electrons. The Hall–Kier alpha value is -0.900. The lowest BCUT2D eigenvalue weighted by Crippen LogP contribution is -2.41. The molecular weight excluding hydrogens is 182 g/mol. The number of carboxylic acids is 1. The lowest BCUT2D eigenvalue weighted by Gasteiger charge is -2.17. The normalized spacial score (nSPS) is 12.9. The van der Waals surface area contributed by atoms with E-state index in [-0.39, 0.29) is 11.7 Å². The van der Waals surface area contributed by atoms with Crippen LogP contribution in [0.1, 0.15) is 33.6 Å². The number of carbonyl (C=O) groups is 2. The summed E-state index contributed by atoms with van der Waals surface area (Å²) in [5.74, 6) is -0.668. The van der Waals surface area contributed by atoms with Crippen molar-refractivity contribution in [3.63, 3.8) is 0 Å². The van der Waals surface area contributed by atoms with Crippen LogP contribution in [0.25, 0.3) is 0 Å². The van der Waals surface area contributed by atoms with Crippen LogP contribution in [0, 0.1) is 5.92 Å². The molecule has 0 spiro atoms. The van der Waals surface area contributed by atoms with Gasteiger partial charge in [0.15, 0.2) is 0 Å². The van der Waals surface area contributed by atoms with Crippen LogP contribution in [0.2, 0.25) is 0 Å². The van der Waals surface area contributed by atoms with E-state index in [2.05, 4.69) is 5.32 Å². The van der Waals surface area contributed by atoms with Crippen molar-refractivity contribution in [3.05, 3.63) is 0 Å². The fourth-order valence-corrected chi connectivity index (χ4v) is 1.15. The van der Waals surface area contributed by atoms with Gasteiger partial charge in [-0.25, -0.2) is 0 Å². The lowest BCUT2D eigenvalue weighted by molar-refractivity contribution is -0.140. The van der Waals surface area contributed by atoms with Gasteiger partial charge in [-0.05, 0) is 5.92 Å². The fourth-order valence-electron chi connectivity index (χ4n) is 1.15. The minimum absolute atomic E-state index is 0.0317. The van der Waals surface area contributed by atoms with E-state index < -0.39 is 12.0 Å². The molecule has 14 heavy (non-hydrogen) atoms. The monoisotopic (exact) mass is 201 g/mol. The Morgan fingerprint density at radius 1 is 1.36 bits per heavy atom. The van der Waals surface area contributed by atoms with Gasteiger partial charge in [0.25, 0.3) is 0 Å². The van der Waals surface area contributed by atoms with Crippen molar-refractivity contribution in [3.8, 4) is 0 Å². The maximum atomic E-state index is 10.9. The molecule has 0 saturated carbocycles. The van der Waals surface area contributed by atoms with Gasteiger partial charge in [-0.2, -0.15) is 0 Å². The van der Waals surface area contributed by atoms with E-state index in [9.17, 15) is 9.59 Å². The van der Waals surface area contributed by atoms with Crippen LogP contribution in [-0.4, -0.2) is 29.4 Å². The molecule has 0 aliphatic carbocycles. The van der Waals surface area contributed by atoms with Crippen molar-refractivity contribution in [1.82, 2.24) is 5.32 Å². The van der Waals surface area contributed by atoms with Gasteiger partial charge in [-0.1, -0.05) is 20.8 Å². The van der Waals surface area contributed by atoms with Gasteiger partial charge >= 0.3 is 5.97 Å². The number of hydrogen-bond donors (Lipinski definition) is 2. The first-order valence-corrected chi connectivity index (χ1v) is 4.97. The molecule has 82 valence electrons. The van der Waals surface area contributed by atoms with Crippen molar-refractivity contribution < 1.29 is 14.7 Å². The second kappa shape index (κ2) is 6.54. The molecule has 0 saturated heterocycles. The van der Waals surface area contributed by atoms with Crippen LogP contribution in [0.3, 0.4) is 0 Å². The lowest BCUT2D eigenvalue weighted by atomic mass is 10.0. The molecule has 0 bridgehead atoms. The number of rotatable bonds is 7. The van der Waals surface area contributed by atoms with Gasteiger partial charge in [-0.15, -0.1) is 0 Å². The number of carbonyl (C=O) groups excluding carboxylic acids is 1. The zero-order chi connectivity index (χ0) is 11.1. The van der Waals surface area contributed by atoms with Crippen LogP contribution in [-0.2, 0) is 9.59 Å². The third-order valence-corrected chi connectivity index (χ3v) is 2.10. The molecule has 0 fully saturated rings. The average molecular weight is 201 g/mol. The second-order valence-electron chi connectivity index (χ2n) is 3.66. The summed E-state index contributed by atoms with van der Waals surface area (Å²) in [5.41, 5.74) is 0. The number of carboxylic acid groups (broad SMARTS) is 1. The van der Waals surface area contributed by atoms with E-state index in [1.54, 1.807) is 6.92 Å². The van der Waals surface area contributed by atoms with E-state index in [0.717, 1.165) is 0 Å². The molecule has 0 aromatic heterocycles. The molecule has 2 N–H and O–H groups in total. The first-order chi connectivity index (χ1) is 6.49. The predicted octanol–water partition coefficient (Wildman–Crippen LogP) is 1.05. The summed E-state index contributed by atoms with van der Waals surface area (Å²) < 4.78 is 0. The molecule has 0 aliphatic rings. The highest BCUT2D eigenvalue weighted by Crippen LogP contribution is 2.01. The molecule has 0 aromatic rings. The molecule has 0 amide bonds. The molecule has 4 heteroatoms. The molecule has 0 unspecified atom stereocenters. The van der Waals surface area contributed by atoms with Crippen molar-refractivity contribution >= 4 is 11.8 Å². The molecule has 0 rings (SSSR count). The van der Waals surface area contributed by atoms with Crippen LogP contribution in [0.15, 0.2) is 0 Å². The number of Topliss-reactive ketones (excluding diaryl/α,β-unsaturated/α-hetero) is 1. The standard InChI is InChI=1S/C10H19NO3/c1-4-8(12)5-6-11-9(7(2)3)10(13)14/h7,9,11H,4-6H2,1-3H3,(H,13,14)/t9-/m0/s1. The summed E-state index contributed by atoms with van der Waals surface area (Å²) in [7, 11) is 0. The Balaban J connectivity index is 3.84. The van der Waals surface area contributed by atoms with Crippen LogP contribution in [0.5, 0.6) is 0 Å². The van der Waals surface area contributed by atoms with Crippen LogP contribution in [0.4, 0.5) is 0 Å². The largest absolute Gasteiger partial charge is 0.480 e. The van der Waals surface area contributed by atoms with Gasteiger partial charge in [0.05, 0.1) is 0 Å². The number of aliphatic carboxylic acids is 1. The van der Waals surface area contributed by atoms with Gasteiger partial charge in [0.2, 0.25) is 0 Å². The Bertz CT molecular complexity index is 202. The maximum absolute atomic E-state index is 10.9. The highest BCUT2D eigenvalue weighted by atomic mass is 16.4. The van der Waals surface area contributed by atoms with E-state index in [0.29, 0.717) is 19.4 Å². The van der Waals surface area contributed by atoms with Crippen LogP contribution >= 0.6 is 0 Å². The first kappa shape index (κ1) is 13.1. The van der Waals surface area contributed by atoms with Crippen molar-refractivity contribution in [2.75, 3.05) is 6.54 Å². The highest BCUT2D eigenvalue weighted by molar-refractivity contribution is 5.78. The predicted molar refractivity (Wildman–Crippen MR) is 54.2 cm³/mol. The Morgan fingerprint density at radius 3 is 2.29 bits per heavy atom. The van der Waals surface area contributed by atoms with Gasteiger partial charge in [-0.3, -0.25) is 9.59 Å². The molecule has 4 nitrogen and oxygen atoms in total. The number of nitrogens with one attached hydrogen (secondary N) is 1. The Kier molecular flexibility index (Phi) is 6.12. The third kappa shape index (κ3) is 4.97. The van der Waals surface area contributed by atoms with E-state index in [1.807, 2.05) is 13.8 Å². The zero-order valence-corrected chi connectivity index (χ0v) is 9.04. The fraction of sp³-hybridized carbons (Fsp3) is 0.800. The molecule has 0 aliphatic heterocycles. The van der Waals surface area contributed by atoms with Crippen molar-refractivity contribution in [2.24, 2.45) is 5.92 Å². The Labute approximate surface area is 84.7 Å². The third-order valence-electron chi connectivity index (χ3n) is 2.10. The van der Waals surface area contributed by atoms with Gasteiger partial charge in [0.1, 0.15) is 11.8 Å². The summed E-state index contributed by atoms with van der Waals surface area (Å²) in [6, 6.07) is -0.556. The summed E-state index contributed by atoms with van der Waals surface area (Å²) in [6.07, 6.45) is 0.925. The van der Waals surface area contributed by atoms with Gasteiger partial charge in [0, 0.05) is 19.4 Å². The smallest absolute Gasteiger partial charge is 0.320 e. The molecule has 1 atom stereocenters. The Morgan fingerprint density at radius 2 is 1.93 bits per heavy atom. The number of hydrogen-bond acceptors (Lipinski definition) is 3. The average Bonchev–Trinajstić information content (AvgIpc) is 2.10. The van der Waals surface area contributed by atoms with Crippen molar-refractivity contribution in [1.29, 1.82) is 0 Å². The SMILES string of the molecule is CCC(=O)CCN[C@H](C(=O)O)C(C)C. The van der Waals surface area contributed by atoms with E-state index in [4.69, 9.17) is 5.11 Å². The van der Waals surface area contributed by atoms with Crippen molar-refractivity contribution in [2.45, 2.75) is 39.7 Å². The minimum atomic E-state index is -0.857. The molecule has 0 heterocycles. The van der Waals surface area contributed by atoms with E-state index >= 15 is 0 Å². The maximum Gasteiger partial charge on any atom is 0.320 e. The second-order valence-corrected chi connectivity index (χ2v) is 3.66. The molecule has 0 aromatic carbocycles. The quantitative estimate of drug-likeness (QED) is 0.646.